The second kappa shape index (κ2) is 8.20. The first kappa shape index (κ1) is 16.0. The summed E-state index contributed by atoms with van der Waals surface area (Å²) in [5.74, 6) is 1.05. The first-order valence-electron chi connectivity index (χ1n) is 6.04. The molecule has 19 heavy (non-hydrogen) atoms. The molecule has 0 aromatic heterocycles. The third-order valence-corrected chi connectivity index (χ3v) is 4.76. The number of thioether (sulfide) groups is 1. The van der Waals surface area contributed by atoms with E-state index in [9.17, 15) is 8.42 Å². The van der Waals surface area contributed by atoms with Gasteiger partial charge in [0.15, 0.2) is 0 Å². The lowest BCUT2D eigenvalue weighted by Gasteiger charge is -2.07. The summed E-state index contributed by atoms with van der Waals surface area (Å²) in [5.41, 5.74) is 0.821. The van der Waals surface area contributed by atoms with E-state index in [-0.39, 0.29) is 4.90 Å². The molecule has 0 aliphatic carbocycles. The average molecular weight is 298 g/mol. The van der Waals surface area contributed by atoms with E-state index in [1.54, 1.807) is 23.9 Å². The van der Waals surface area contributed by atoms with Gasteiger partial charge in [0.05, 0.1) is 17.4 Å². The fourth-order valence-corrected chi connectivity index (χ4v) is 3.11. The molecular formula is C13H18N2O2S2. The summed E-state index contributed by atoms with van der Waals surface area (Å²) in [4.78, 5) is 0.249. The first-order valence-corrected chi connectivity index (χ1v) is 8.92. The highest BCUT2D eigenvalue weighted by Crippen LogP contribution is 2.11. The molecule has 0 spiro atoms. The summed E-state index contributed by atoms with van der Waals surface area (Å²) in [6.07, 6.45) is 4.17. The van der Waals surface area contributed by atoms with Crippen LogP contribution in [0.15, 0.2) is 29.2 Å². The van der Waals surface area contributed by atoms with E-state index in [0.29, 0.717) is 13.0 Å². The average Bonchev–Trinajstić information content (AvgIpc) is 2.39. The van der Waals surface area contributed by atoms with Crippen molar-refractivity contribution in [3.8, 4) is 6.07 Å². The van der Waals surface area contributed by atoms with Gasteiger partial charge >= 0.3 is 0 Å². The molecule has 0 fully saturated rings. The zero-order chi connectivity index (χ0) is 14.1. The molecule has 0 radical (unpaired) electrons. The summed E-state index contributed by atoms with van der Waals surface area (Å²) in [5, 5.41) is 8.55. The molecule has 0 saturated heterocycles. The zero-order valence-electron chi connectivity index (χ0n) is 10.9. The number of nitriles is 1. The molecule has 1 rings (SSSR count). The molecule has 104 valence electrons. The standard InChI is InChI=1S/C13H18N2O2S2/c1-18-11-3-2-10-15-19(16,17)13-6-4-12(5-7-13)8-9-14/h4-7,15H,2-3,8,10-11H2,1H3. The summed E-state index contributed by atoms with van der Waals surface area (Å²) in [7, 11) is -3.42. The second-order valence-corrected chi connectivity index (χ2v) is 6.83. The number of hydrogen-bond donors (Lipinski definition) is 1. The Morgan fingerprint density at radius 3 is 2.53 bits per heavy atom. The summed E-state index contributed by atoms with van der Waals surface area (Å²) >= 11 is 1.76. The molecule has 0 amide bonds. The van der Waals surface area contributed by atoms with Gasteiger partial charge in [0.2, 0.25) is 10.0 Å². The van der Waals surface area contributed by atoms with Crippen LogP contribution in [0.1, 0.15) is 18.4 Å². The van der Waals surface area contributed by atoms with Crippen LogP contribution in [0.25, 0.3) is 0 Å². The van der Waals surface area contributed by atoms with Crippen LogP contribution in [0.5, 0.6) is 0 Å². The highest BCUT2D eigenvalue weighted by atomic mass is 32.2. The Bertz CT molecular complexity index is 519. The number of nitrogens with one attached hydrogen (secondary N) is 1. The number of sulfonamides is 1. The third-order valence-electron chi connectivity index (χ3n) is 2.58. The lowest BCUT2D eigenvalue weighted by molar-refractivity contribution is 0.578. The Kier molecular flexibility index (Phi) is 6.92. The van der Waals surface area contributed by atoms with Gasteiger partial charge in [-0.05, 0) is 42.5 Å². The Morgan fingerprint density at radius 2 is 1.95 bits per heavy atom. The Hall–Kier alpha value is -1.03. The molecular weight excluding hydrogens is 280 g/mol. The maximum atomic E-state index is 12.0. The van der Waals surface area contributed by atoms with Gasteiger partial charge in [0.25, 0.3) is 0 Å². The van der Waals surface area contributed by atoms with Gasteiger partial charge < -0.3 is 0 Å². The van der Waals surface area contributed by atoms with Gasteiger partial charge in [-0.25, -0.2) is 13.1 Å². The van der Waals surface area contributed by atoms with Gasteiger partial charge in [-0.1, -0.05) is 12.1 Å². The van der Waals surface area contributed by atoms with Crippen molar-refractivity contribution in [3.05, 3.63) is 29.8 Å². The van der Waals surface area contributed by atoms with Crippen LogP contribution in [0, 0.1) is 11.3 Å². The van der Waals surface area contributed by atoms with Crippen molar-refractivity contribution in [1.29, 1.82) is 5.26 Å². The van der Waals surface area contributed by atoms with E-state index in [1.807, 2.05) is 12.3 Å². The Labute approximate surface area is 119 Å². The molecule has 0 heterocycles. The van der Waals surface area contributed by atoms with Crippen LogP contribution in [0.4, 0.5) is 0 Å². The molecule has 1 aromatic carbocycles. The van der Waals surface area contributed by atoms with Gasteiger partial charge in [-0.15, -0.1) is 0 Å². The highest BCUT2D eigenvalue weighted by molar-refractivity contribution is 7.98. The van der Waals surface area contributed by atoms with Crippen molar-refractivity contribution in [2.75, 3.05) is 18.6 Å². The molecule has 0 aliphatic heterocycles. The molecule has 0 atom stereocenters. The smallest absolute Gasteiger partial charge is 0.211 e. The van der Waals surface area contributed by atoms with E-state index in [0.717, 1.165) is 24.2 Å². The van der Waals surface area contributed by atoms with Gasteiger partial charge in [-0.2, -0.15) is 17.0 Å². The number of hydrogen-bond acceptors (Lipinski definition) is 4. The number of unbranched alkanes of at least 4 members (excludes halogenated alkanes) is 1. The van der Waals surface area contributed by atoms with E-state index in [4.69, 9.17) is 5.26 Å². The summed E-state index contributed by atoms with van der Waals surface area (Å²) < 4.78 is 26.5. The van der Waals surface area contributed by atoms with E-state index >= 15 is 0 Å². The predicted octanol–water partition coefficient (Wildman–Crippen LogP) is 2.17. The van der Waals surface area contributed by atoms with Crippen LogP contribution in [0.3, 0.4) is 0 Å². The number of benzene rings is 1. The van der Waals surface area contributed by atoms with Crippen molar-refractivity contribution in [1.82, 2.24) is 4.72 Å². The summed E-state index contributed by atoms with van der Waals surface area (Å²) in [6, 6.07) is 8.45. The number of nitrogens with zero attached hydrogens (tertiary/aromatic N) is 1. The monoisotopic (exact) mass is 298 g/mol. The van der Waals surface area contributed by atoms with Gasteiger partial charge in [0, 0.05) is 6.54 Å². The third kappa shape index (κ3) is 5.64. The molecule has 1 N–H and O–H groups in total. The Balaban J connectivity index is 2.55. The van der Waals surface area contributed by atoms with Gasteiger partial charge in [-0.3, -0.25) is 0 Å². The minimum Gasteiger partial charge on any atom is -0.211 e. The van der Waals surface area contributed by atoms with Crippen molar-refractivity contribution >= 4 is 21.8 Å². The minimum absolute atomic E-state index is 0.249. The molecule has 0 bridgehead atoms. The maximum Gasteiger partial charge on any atom is 0.240 e. The molecule has 0 saturated carbocycles. The fraction of sp³-hybridized carbons (Fsp3) is 0.462. The summed E-state index contributed by atoms with van der Waals surface area (Å²) in [6.45, 7) is 0.461. The fourth-order valence-electron chi connectivity index (χ4n) is 1.54. The molecule has 1 aromatic rings. The maximum absolute atomic E-state index is 12.0. The molecule has 0 unspecified atom stereocenters. The molecule has 0 aliphatic rings. The van der Waals surface area contributed by atoms with Crippen LogP contribution < -0.4 is 4.72 Å². The van der Waals surface area contributed by atoms with E-state index < -0.39 is 10.0 Å². The zero-order valence-corrected chi connectivity index (χ0v) is 12.6. The van der Waals surface area contributed by atoms with Crippen molar-refractivity contribution in [3.63, 3.8) is 0 Å². The van der Waals surface area contributed by atoms with Crippen LogP contribution in [0.2, 0.25) is 0 Å². The molecule has 6 heteroatoms. The van der Waals surface area contributed by atoms with Crippen LogP contribution in [-0.2, 0) is 16.4 Å². The highest BCUT2D eigenvalue weighted by Gasteiger charge is 2.12. The normalized spacial score (nSPS) is 11.2. The number of rotatable bonds is 8. The lowest BCUT2D eigenvalue weighted by Crippen LogP contribution is -2.24. The second-order valence-electron chi connectivity index (χ2n) is 4.08. The van der Waals surface area contributed by atoms with E-state index in [1.165, 1.54) is 12.1 Å². The lowest BCUT2D eigenvalue weighted by atomic mass is 10.2. The quantitative estimate of drug-likeness (QED) is 0.747. The minimum atomic E-state index is -3.42. The predicted molar refractivity (Wildman–Crippen MR) is 78.6 cm³/mol. The topological polar surface area (TPSA) is 70.0 Å². The van der Waals surface area contributed by atoms with Gasteiger partial charge in [0.1, 0.15) is 0 Å². The van der Waals surface area contributed by atoms with Crippen molar-refractivity contribution < 1.29 is 8.42 Å². The van der Waals surface area contributed by atoms with E-state index in [2.05, 4.69) is 4.72 Å². The largest absolute Gasteiger partial charge is 0.240 e. The van der Waals surface area contributed by atoms with Crippen LogP contribution in [-0.4, -0.2) is 27.0 Å². The first-order chi connectivity index (χ1) is 9.10. The molecule has 4 nitrogen and oxygen atoms in total. The Morgan fingerprint density at radius 1 is 1.26 bits per heavy atom. The van der Waals surface area contributed by atoms with Crippen LogP contribution >= 0.6 is 11.8 Å². The van der Waals surface area contributed by atoms with Crippen molar-refractivity contribution in [2.24, 2.45) is 0 Å². The van der Waals surface area contributed by atoms with Crippen molar-refractivity contribution in [2.45, 2.75) is 24.2 Å². The SMILES string of the molecule is CSCCCCNS(=O)(=O)c1ccc(CC#N)cc1.